The number of rotatable bonds is 6. The van der Waals surface area contributed by atoms with Gasteiger partial charge in [0.2, 0.25) is 5.95 Å². The molecule has 1 saturated carbocycles. The molecule has 2 fully saturated rings. The highest BCUT2D eigenvalue weighted by Crippen LogP contribution is 2.31. The molecule has 0 spiro atoms. The van der Waals surface area contributed by atoms with Gasteiger partial charge in [-0.15, -0.1) is 0 Å². The molecule has 35 heavy (non-hydrogen) atoms. The highest BCUT2D eigenvalue weighted by atomic mass is 19.3. The minimum absolute atomic E-state index is 0.107. The number of benzene rings is 1. The summed E-state index contributed by atoms with van der Waals surface area (Å²) in [5, 5.41) is 3.39. The van der Waals surface area contributed by atoms with Crippen LogP contribution in [0.5, 0.6) is 0 Å². The zero-order valence-electron chi connectivity index (χ0n) is 20.3. The molecule has 0 unspecified atom stereocenters. The molecule has 188 valence electrons. The zero-order chi connectivity index (χ0) is 24.5. The SMILES string of the molecule is Cc1ccc2nc(C(F)F)n(-c3cc(N4CCOC[C@@H]4C)nc(NCC4CCC(N)CC4)n3)c2c1. The number of imidazole rings is 1. The van der Waals surface area contributed by atoms with Crippen molar-refractivity contribution in [2.45, 2.75) is 58.0 Å². The number of nitrogens with one attached hydrogen (secondary N) is 1. The first kappa shape index (κ1) is 23.9. The number of alkyl halides is 2. The Morgan fingerprint density at radius 1 is 1.11 bits per heavy atom. The molecule has 1 saturated heterocycles. The van der Waals surface area contributed by atoms with Gasteiger partial charge in [-0.25, -0.2) is 13.8 Å². The molecule has 5 rings (SSSR count). The predicted octanol–water partition coefficient (Wildman–Crippen LogP) is 4.22. The first-order valence-corrected chi connectivity index (χ1v) is 12.4. The Hall–Kier alpha value is -2.85. The number of hydrogen-bond donors (Lipinski definition) is 2. The lowest BCUT2D eigenvalue weighted by Gasteiger charge is -2.34. The van der Waals surface area contributed by atoms with Crippen molar-refractivity contribution in [3.8, 4) is 5.82 Å². The van der Waals surface area contributed by atoms with E-state index in [1.807, 2.05) is 19.1 Å². The molecule has 10 heteroatoms. The van der Waals surface area contributed by atoms with Crippen LogP contribution in [0.2, 0.25) is 0 Å². The highest BCUT2D eigenvalue weighted by molar-refractivity contribution is 5.79. The lowest BCUT2D eigenvalue weighted by atomic mass is 9.86. The molecule has 0 bridgehead atoms. The Morgan fingerprint density at radius 2 is 1.89 bits per heavy atom. The van der Waals surface area contributed by atoms with Crippen LogP contribution < -0.4 is 16.0 Å². The van der Waals surface area contributed by atoms with E-state index in [2.05, 4.69) is 22.1 Å². The van der Waals surface area contributed by atoms with Crippen LogP contribution in [-0.2, 0) is 4.74 Å². The molecule has 1 atom stereocenters. The number of aromatic nitrogens is 4. The van der Waals surface area contributed by atoms with Gasteiger partial charge in [0.15, 0.2) is 5.82 Å². The summed E-state index contributed by atoms with van der Waals surface area (Å²) >= 11 is 0. The van der Waals surface area contributed by atoms with Gasteiger partial charge in [0, 0.05) is 25.2 Å². The standard InChI is InChI=1S/C25H33F2N7O/c1-15-3-8-19-20(11-15)34(24(30-19)23(26)27)22-12-21(33-9-10-35-14-16(33)2)31-25(32-22)29-13-17-4-6-18(28)7-5-17/h3,8,11-12,16-18,23H,4-7,9-10,13-14,28H2,1-2H3,(H,29,31,32)/t16-,17?,18?/m0/s1. The third kappa shape index (κ3) is 5.08. The monoisotopic (exact) mass is 485 g/mol. The average Bonchev–Trinajstić information content (AvgIpc) is 3.23. The molecule has 2 aromatic heterocycles. The van der Waals surface area contributed by atoms with E-state index in [0.29, 0.717) is 54.3 Å². The lowest BCUT2D eigenvalue weighted by molar-refractivity contribution is 0.0985. The third-order valence-corrected chi connectivity index (χ3v) is 7.06. The number of ether oxygens (including phenoxy) is 1. The Kier molecular flexibility index (Phi) is 6.84. The summed E-state index contributed by atoms with van der Waals surface area (Å²) in [7, 11) is 0. The summed E-state index contributed by atoms with van der Waals surface area (Å²) in [6.07, 6.45) is 1.40. The van der Waals surface area contributed by atoms with Gasteiger partial charge in [-0.05, 0) is 63.1 Å². The quantitative estimate of drug-likeness (QED) is 0.540. The average molecular weight is 486 g/mol. The van der Waals surface area contributed by atoms with Crippen molar-refractivity contribution in [3.05, 3.63) is 35.7 Å². The third-order valence-electron chi connectivity index (χ3n) is 7.06. The van der Waals surface area contributed by atoms with Crippen molar-refractivity contribution in [2.75, 3.05) is 36.5 Å². The smallest absolute Gasteiger partial charge is 0.296 e. The van der Waals surface area contributed by atoms with Crippen LogP contribution in [0.4, 0.5) is 20.5 Å². The second-order valence-corrected chi connectivity index (χ2v) is 9.79. The van der Waals surface area contributed by atoms with E-state index in [4.69, 9.17) is 20.4 Å². The van der Waals surface area contributed by atoms with Crippen LogP contribution in [0.15, 0.2) is 24.3 Å². The van der Waals surface area contributed by atoms with Crippen molar-refractivity contribution in [1.82, 2.24) is 19.5 Å². The lowest BCUT2D eigenvalue weighted by Crippen LogP contribution is -2.44. The normalized spacial score (nSPS) is 23.3. The van der Waals surface area contributed by atoms with E-state index in [1.54, 1.807) is 12.1 Å². The van der Waals surface area contributed by atoms with Gasteiger partial charge in [0.05, 0.1) is 30.3 Å². The van der Waals surface area contributed by atoms with Gasteiger partial charge in [-0.2, -0.15) is 9.97 Å². The molecule has 8 nitrogen and oxygen atoms in total. The Balaban J connectivity index is 1.56. The number of halogens is 2. The van der Waals surface area contributed by atoms with Crippen molar-refractivity contribution < 1.29 is 13.5 Å². The number of nitrogens with zero attached hydrogens (tertiary/aromatic N) is 5. The van der Waals surface area contributed by atoms with E-state index >= 15 is 0 Å². The second-order valence-electron chi connectivity index (χ2n) is 9.79. The van der Waals surface area contributed by atoms with Gasteiger partial charge in [-0.3, -0.25) is 4.57 Å². The van der Waals surface area contributed by atoms with Crippen molar-refractivity contribution in [1.29, 1.82) is 0 Å². The van der Waals surface area contributed by atoms with Gasteiger partial charge in [-0.1, -0.05) is 6.07 Å². The number of nitrogens with two attached hydrogens (primary N) is 1. The van der Waals surface area contributed by atoms with Crippen molar-refractivity contribution >= 4 is 22.8 Å². The topological polar surface area (TPSA) is 94.1 Å². The minimum Gasteiger partial charge on any atom is -0.377 e. The predicted molar refractivity (Wildman–Crippen MR) is 132 cm³/mol. The molecule has 1 aliphatic carbocycles. The van der Waals surface area contributed by atoms with E-state index in [-0.39, 0.29) is 17.9 Å². The van der Waals surface area contributed by atoms with Gasteiger partial charge in [0.1, 0.15) is 11.6 Å². The second kappa shape index (κ2) is 10.0. The summed E-state index contributed by atoms with van der Waals surface area (Å²) in [5.74, 6) is 1.67. The van der Waals surface area contributed by atoms with Gasteiger partial charge < -0.3 is 20.7 Å². The molecule has 3 aromatic rings. The van der Waals surface area contributed by atoms with Crippen LogP contribution in [0.3, 0.4) is 0 Å². The maximum Gasteiger partial charge on any atom is 0.296 e. The molecule has 2 aliphatic rings. The summed E-state index contributed by atoms with van der Waals surface area (Å²) in [6, 6.07) is 7.68. The number of aryl methyl sites for hydroxylation is 1. The largest absolute Gasteiger partial charge is 0.377 e. The van der Waals surface area contributed by atoms with Crippen LogP contribution in [0.1, 0.15) is 50.4 Å². The van der Waals surface area contributed by atoms with E-state index in [0.717, 1.165) is 37.8 Å². The summed E-state index contributed by atoms with van der Waals surface area (Å²) in [4.78, 5) is 15.9. The molecule has 1 aromatic carbocycles. The molecular formula is C25H33F2N7O. The van der Waals surface area contributed by atoms with Crippen LogP contribution >= 0.6 is 0 Å². The fraction of sp³-hybridized carbons (Fsp3) is 0.560. The summed E-state index contributed by atoms with van der Waals surface area (Å²) < 4.78 is 35.3. The van der Waals surface area contributed by atoms with Gasteiger partial charge >= 0.3 is 0 Å². The first-order valence-electron chi connectivity index (χ1n) is 12.4. The fourth-order valence-corrected chi connectivity index (χ4v) is 5.05. The number of anilines is 2. The van der Waals surface area contributed by atoms with E-state index in [1.165, 1.54) is 4.57 Å². The molecular weight excluding hydrogens is 452 g/mol. The van der Waals surface area contributed by atoms with Crippen LogP contribution in [-0.4, -0.2) is 57.9 Å². The van der Waals surface area contributed by atoms with E-state index < -0.39 is 6.43 Å². The minimum atomic E-state index is -2.74. The number of fused-ring (bicyclic) bond motifs is 1. The van der Waals surface area contributed by atoms with Crippen LogP contribution in [0.25, 0.3) is 16.9 Å². The summed E-state index contributed by atoms with van der Waals surface area (Å²) in [5.41, 5.74) is 8.14. The Morgan fingerprint density at radius 3 is 2.63 bits per heavy atom. The van der Waals surface area contributed by atoms with Gasteiger partial charge in [0.25, 0.3) is 6.43 Å². The Labute approximate surface area is 203 Å². The fourth-order valence-electron chi connectivity index (χ4n) is 5.05. The molecule has 0 radical (unpaired) electrons. The molecule has 3 N–H and O–H groups in total. The van der Waals surface area contributed by atoms with Crippen LogP contribution in [0, 0.1) is 12.8 Å². The Bertz CT molecular complexity index is 1180. The first-order chi connectivity index (χ1) is 16.9. The molecule has 1 aliphatic heterocycles. The van der Waals surface area contributed by atoms with E-state index in [9.17, 15) is 8.78 Å². The van der Waals surface area contributed by atoms with Crippen molar-refractivity contribution in [3.63, 3.8) is 0 Å². The molecule has 3 heterocycles. The van der Waals surface area contributed by atoms with Crippen molar-refractivity contribution in [2.24, 2.45) is 11.7 Å². The highest BCUT2D eigenvalue weighted by Gasteiger charge is 2.26. The summed E-state index contributed by atoms with van der Waals surface area (Å²) in [6.45, 7) is 6.57. The zero-order valence-corrected chi connectivity index (χ0v) is 20.3. The maximum atomic E-state index is 14.1. The molecule has 0 amide bonds. The maximum absolute atomic E-state index is 14.1. The number of hydrogen-bond acceptors (Lipinski definition) is 7. The number of morpholine rings is 1.